The quantitative estimate of drug-likeness (QED) is 0.239. The molecule has 4 aromatic carbocycles. The molecule has 1 fully saturated rings. The molecule has 4 aromatic rings. The zero-order valence-electron chi connectivity index (χ0n) is 30.1. The van der Waals surface area contributed by atoms with E-state index < -0.39 is 0 Å². The summed E-state index contributed by atoms with van der Waals surface area (Å²) >= 11 is 0. The van der Waals surface area contributed by atoms with Crippen LogP contribution < -0.4 is 24.8 Å². The molecule has 0 heterocycles. The van der Waals surface area contributed by atoms with E-state index in [4.69, 9.17) is 0 Å². The molecule has 3 atom stereocenters. The summed E-state index contributed by atoms with van der Waals surface area (Å²) in [7, 11) is 0. The first-order chi connectivity index (χ1) is 21.2. The third-order valence-corrected chi connectivity index (χ3v) is 11.2. The second-order valence-corrected chi connectivity index (χ2v) is 17.1. The molecule has 0 saturated heterocycles. The van der Waals surface area contributed by atoms with Gasteiger partial charge in [-0.2, -0.15) is 0 Å². The van der Waals surface area contributed by atoms with Crippen molar-refractivity contribution in [3.8, 4) is 11.1 Å². The van der Waals surface area contributed by atoms with Crippen LogP contribution in [0, 0.1) is 11.3 Å². The van der Waals surface area contributed by atoms with Crippen molar-refractivity contribution >= 4 is 0 Å². The average Bonchev–Trinajstić information content (AvgIpc) is 3.67. The molecule has 0 aromatic heterocycles. The van der Waals surface area contributed by atoms with E-state index in [1.54, 1.807) is 5.57 Å². The summed E-state index contributed by atoms with van der Waals surface area (Å²) in [5.74, 6) is 0.959. The van der Waals surface area contributed by atoms with Gasteiger partial charge in [0, 0.05) is 23.2 Å². The van der Waals surface area contributed by atoms with Gasteiger partial charge in [0.05, 0.1) is 0 Å². The standard InChI is InChI=1S/C45H50.2ClH.Zr/c1-42(2,3)31-20-22-34-36(24-31)37-25-32(43(4,5)6)21-23-35(37)41(34)45(30-18-14-11-15-19-30)28-39(29-16-12-10-13-17-29)38-26-33(27-40(38)45)44(7,8)9;;;/h10-27,39-41H,28H2,1-9H3;2*1H;/q;;;+2/p-2. The monoisotopic (exact) mass is 750 g/mol. The Morgan fingerprint density at radius 2 is 1.06 bits per heavy atom. The molecule has 1 saturated carbocycles. The molecule has 0 nitrogen and oxygen atoms in total. The number of hydrogen-bond donors (Lipinski definition) is 0. The summed E-state index contributed by atoms with van der Waals surface area (Å²) < 4.78 is 0. The molecule has 7 rings (SSSR count). The van der Waals surface area contributed by atoms with Gasteiger partial charge in [0.2, 0.25) is 0 Å². The van der Waals surface area contributed by atoms with Gasteiger partial charge in [-0.25, -0.2) is 0 Å². The van der Waals surface area contributed by atoms with E-state index in [1.807, 2.05) is 0 Å². The predicted octanol–water partition coefficient (Wildman–Crippen LogP) is 6.05. The summed E-state index contributed by atoms with van der Waals surface area (Å²) in [6.07, 6.45) is 6.36. The van der Waals surface area contributed by atoms with E-state index in [0.717, 1.165) is 6.42 Å². The fourth-order valence-electron chi connectivity index (χ4n) is 8.65. The minimum atomic E-state index is -0.118. The summed E-state index contributed by atoms with van der Waals surface area (Å²) in [5.41, 5.74) is 14.8. The number of benzene rings is 4. The Morgan fingerprint density at radius 3 is 1.52 bits per heavy atom. The van der Waals surface area contributed by atoms with Crippen LogP contribution in [0.1, 0.15) is 114 Å². The fraction of sp³-hybridized carbons (Fsp3) is 0.378. The SMILES string of the molecule is CC(C)(C)C1=CC2C(=C1)C(c1ccccc1)CC2(c1ccccc1)C1c2ccc(C(C)(C)C)cc2-c2cc(C(C)(C)C)ccc21.[Cl-].[Cl-].[Zr+2]. The van der Waals surface area contributed by atoms with Gasteiger partial charge in [-0.1, -0.05) is 177 Å². The van der Waals surface area contributed by atoms with E-state index in [1.165, 1.54) is 50.1 Å². The van der Waals surface area contributed by atoms with Crippen LogP contribution in [0.5, 0.6) is 0 Å². The van der Waals surface area contributed by atoms with Crippen molar-refractivity contribution < 1.29 is 51.0 Å². The second kappa shape index (κ2) is 13.5. The molecular weight excluding hydrogens is 703 g/mol. The third kappa shape index (κ3) is 6.31. The Balaban J connectivity index is 0.00000173. The van der Waals surface area contributed by atoms with Crippen molar-refractivity contribution in [2.24, 2.45) is 11.3 Å². The predicted molar refractivity (Wildman–Crippen MR) is 192 cm³/mol. The van der Waals surface area contributed by atoms with Crippen LogP contribution in [-0.4, -0.2) is 0 Å². The van der Waals surface area contributed by atoms with E-state index in [-0.39, 0.29) is 78.6 Å². The number of fused-ring (bicyclic) bond motifs is 4. The number of allylic oxidation sites excluding steroid dienone is 4. The van der Waals surface area contributed by atoms with Gasteiger partial charge in [-0.3, -0.25) is 0 Å². The molecule has 0 bridgehead atoms. The van der Waals surface area contributed by atoms with Crippen LogP contribution in [0.15, 0.2) is 120 Å². The van der Waals surface area contributed by atoms with Crippen LogP contribution in [0.3, 0.4) is 0 Å². The van der Waals surface area contributed by atoms with Crippen molar-refractivity contribution in [1.82, 2.24) is 0 Å². The Morgan fingerprint density at radius 1 is 0.583 bits per heavy atom. The van der Waals surface area contributed by atoms with Gasteiger partial charge < -0.3 is 24.8 Å². The molecule has 48 heavy (non-hydrogen) atoms. The zero-order chi connectivity index (χ0) is 31.9. The normalized spacial score (nSPS) is 21.5. The number of hydrogen-bond acceptors (Lipinski definition) is 0. The van der Waals surface area contributed by atoms with Crippen molar-refractivity contribution in [1.29, 1.82) is 0 Å². The van der Waals surface area contributed by atoms with E-state index in [2.05, 4.69) is 172 Å². The minimum Gasteiger partial charge on any atom is -1.00 e. The second-order valence-electron chi connectivity index (χ2n) is 17.1. The van der Waals surface area contributed by atoms with E-state index >= 15 is 0 Å². The van der Waals surface area contributed by atoms with E-state index in [9.17, 15) is 0 Å². The maximum Gasteiger partial charge on any atom is 2.00 e. The van der Waals surface area contributed by atoms with Gasteiger partial charge in [0.25, 0.3) is 0 Å². The molecule has 3 heteroatoms. The topological polar surface area (TPSA) is 0 Å². The van der Waals surface area contributed by atoms with Crippen LogP contribution in [0.25, 0.3) is 11.1 Å². The number of halogens is 2. The Labute approximate surface area is 321 Å². The van der Waals surface area contributed by atoms with Crippen LogP contribution in [0.2, 0.25) is 0 Å². The molecule has 0 aliphatic heterocycles. The summed E-state index contributed by atoms with van der Waals surface area (Å²) in [6, 6.07) is 37.8. The van der Waals surface area contributed by atoms with Gasteiger partial charge in [-0.05, 0) is 72.7 Å². The van der Waals surface area contributed by atoms with Crippen molar-refractivity contribution in [3.05, 3.63) is 154 Å². The van der Waals surface area contributed by atoms with Gasteiger partial charge in [-0.15, -0.1) is 0 Å². The first-order valence-corrected chi connectivity index (χ1v) is 17.0. The molecule has 3 aliphatic rings. The third-order valence-electron chi connectivity index (χ3n) is 11.2. The smallest absolute Gasteiger partial charge is 1.00 e. The minimum absolute atomic E-state index is 0. The molecule has 0 spiro atoms. The van der Waals surface area contributed by atoms with Gasteiger partial charge in [0.15, 0.2) is 0 Å². The molecule has 248 valence electrons. The Kier molecular flexibility index (Phi) is 10.9. The molecule has 0 amide bonds. The van der Waals surface area contributed by atoms with E-state index in [0.29, 0.717) is 11.8 Å². The zero-order valence-corrected chi connectivity index (χ0v) is 34.1. The molecule has 0 N–H and O–H groups in total. The van der Waals surface area contributed by atoms with Crippen LogP contribution in [0.4, 0.5) is 0 Å². The molecule has 3 unspecified atom stereocenters. The summed E-state index contributed by atoms with van der Waals surface area (Å²) in [4.78, 5) is 0. The largest absolute Gasteiger partial charge is 2.00 e. The van der Waals surface area contributed by atoms with Crippen LogP contribution in [-0.2, 0) is 42.4 Å². The first kappa shape index (κ1) is 38.6. The van der Waals surface area contributed by atoms with Crippen molar-refractivity contribution in [2.75, 3.05) is 0 Å². The molecule has 3 aliphatic carbocycles. The van der Waals surface area contributed by atoms with Gasteiger partial charge in [0.1, 0.15) is 0 Å². The van der Waals surface area contributed by atoms with Crippen molar-refractivity contribution in [2.45, 2.75) is 96.8 Å². The molecule has 0 radical (unpaired) electrons. The maximum absolute atomic E-state index is 2.68. The summed E-state index contributed by atoms with van der Waals surface area (Å²) in [6.45, 7) is 21.2. The van der Waals surface area contributed by atoms with Crippen molar-refractivity contribution in [3.63, 3.8) is 0 Å². The number of rotatable bonds is 3. The Hall–Kier alpha value is -2.18. The Bertz CT molecular complexity index is 1770. The fourth-order valence-corrected chi connectivity index (χ4v) is 8.65. The van der Waals surface area contributed by atoms with Gasteiger partial charge >= 0.3 is 26.2 Å². The first-order valence-electron chi connectivity index (χ1n) is 17.0. The van der Waals surface area contributed by atoms with Crippen LogP contribution >= 0.6 is 0 Å². The maximum atomic E-state index is 2.68. The average molecular weight is 753 g/mol. The molecular formula is C45H50Cl2Zr. The summed E-state index contributed by atoms with van der Waals surface area (Å²) in [5, 5.41) is 0.